The van der Waals surface area contributed by atoms with E-state index in [4.69, 9.17) is 4.42 Å². The lowest BCUT2D eigenvalue weighted by Gasteiger charge is -2.13. The summed E-state index contributed by atoms with van der Waals surface area (Å²) in [5.74, 6) is 0.902. The number of aliphatic hydroxyl groups is 1. The molecule has 0 aliphatic carbocycles. The van der Waals surface area contributed by atoms with Crippen molar-refractivity contribution in [1.29, 1.82) is 0 Å². The minimum absolute atomic E-state index is 0.0671. The van der Waals surface area contributed by atoms with Crippen LogP contribution in [-0.2, 0) is 0 Å². The number of thioether (sulfide) groups is 1. The Bertz CT molecular complexity index is 436. The molecular formula is C13H14O2S. The minimum Gasteiger partial charge on any atom is -0.468 e. The molecule has 0 aliphatic rings. The third-order valence-corrected chi connectivity index (χ3v) is 3.80. The molecule has 1 aromatic carbocycles. The predicted octanol–water partition coefficient (Wildman–Crippen LogP) is 3.41. The Hall–Kier alpha value is -1.19. The lowest BCUT2D eigenvalue weighted by Crippen LogP contribution is -1.99. The number of aliphatic hydroxyl groups excluding tert-OH is 1. The lowest BCUT2D eigenvalue weighted by atomic mass is 10.2. The van der Waals surface area contributed by atoms with Crippen LogP contribution in [0.15, 0.2) is 52.0 Å². The predicted molar refractivity (Wildman–Crippen MR) is 65.6 cm³/mol. The van der Waals surface area contributed by atoms with Gasteiger partial charge in [-0.3, -0.25) is 0 Å². The summed E-state index contributed by atoms with van der Waals surface area (Å²) in [6, 6.07) is 11.9. The first-order valence-corrected chi connectivity index (χ1v) is 6.06. The molecule has 16 heavy (non-hydrogen) atoms. The summed E-state index contributed by atoms with van der Waals surface area (Å²) in [7, 11) is 0. The zero-order chi connectivity index (χ0) is 11.4. The van der Waals surface area contributed by atoms with Crippen molar-refractivity contribution in [3.8, 4) is 0 Å². The van der Waals surface area contributed by atoms with Crippen molar-refractivity contribution in [1.82, 2.24) is 0 Å². The van der Waals surface area contributed by atoms with Crippen LogP contribution in [0.4, 0.5) is 0 Å². The van der Waals surface area contributed by atoms with Crippen molar-refractivity contribution in [2.75, 3.05) is 6.61 Å². The zero-order valence-electron chi connectivity index (χ0n) is 9.09. The van der Waals surface area contributed by atoms with E-state index in [-0.39, 0.29) is 11.9 Å². The maximum atomic E-state index is 9.42. The monoisotopic (exact) mass is 234 g/mol. The molecule has 1 unspecified atom stereocenters. The highest BCUT2D eigenvalue weighted by molar-refractivity contribution is 7.99. The highest BCUT2D eigenvalue weighted by Gasteiger charge is 2.14. The first-order valence-electron chi connectivity index (χ1n) is 5.18. The summed E-state index contributed by atoms with van der Waals surface area (Å²) < 4.78 is 5.24. The minimum atomic E-state index is 0.0671. The largest absolute Gasteiger partial charge is 0.468 e. The highest BCUT2D eigenvalue weighted by Crippen LogP contribution is 2.36. The van der Waals surface area contributed by atoms with E-state index >= 15 is 0 Å². The van der Waals surface area contributed by atoms with E-state index in [1.54, 1.807) is 18.0 Å². The molecule has 1 N–H and O–H groups in total. The van der Waals surface area contributed by atoms with Crippen LogP contribution < -0.4 is 0 Å². The van der Waals surface area contributed by atoms with E-state index in [0.29, 0.717) is 0 Å². The van der Waals surface area contributed by atoms with E-state index < -0.39 is 0 Å². The Balaban J connectivity index is 2.16. The van der Waals surface area contributed by atoms with Gasteiger partial charge in [0, 0.05) is 4.90 Å². The summed E-state index contributed by atoms with van der Waals surface area (Å²) in [5, 5.41) is 9.48. The second kappa shape index (κ2) is 5.23. The van der Waals surface area contributed by atoms with E-state index in [2.05, 4.69) is 0 Å². The van der Waals surface area contributed by atoms with Gasteiger partial charge in [-0.15, -0.1) is 11.8 Å². The van der Waals surface area contributed by atoms with Gasteiger partial charge >= 0.3 is 0 Å². The molecule has 1 heterocycles. The van der Waals surface area contributed by atoms with Crippen molar-refractivity contribution in [2.24, 2.45) is 0 Å². The van der Waals surface area contributed by atoms with Gasteiger partial charge in [0.15, 0.2) is 0 Å². The molecule has 0 saturated heterocycles. The van der Waals surface area contributed by atoms with Crippen molar-refractivity contribution < 1.29 is 9.52 Å². The molecular weight excluding hydrogens is 220 g/mol. The molecule has 1 aromatic heterocycles. The number of furan rings is 1. The normalized spacial score (nSPS) is 12.6. The molecule has 0 aliphatic heterocycles. The van der Waals surface area contributed by atoms with Gasteiger partial charge in [-0.2, -0.15) is 0 Å². The Kier molecular flexibility index (Phi) is 3.70. The van der Waals surface area contributed by atoms with Crippen LogP contribution in [0.25, 0.3) is 0 Å². The molecule has 0 bridgehead atoms. The average Bonchev–Trinajstić information content (AvgIpc) is 2.73. The SMILES string of the molecule is Cc1occc1SC(CO)c1ccccc1. The van der Waals surface area contributed by atoms with Crippen molar-refractivity contribution in [3.05, 3.63) is 54.0 Å². The first-order chi connectivity index (χ1) is 7.81. The molecule has 2 nitrogen and oxygen atoms in total. The van der Waals surface area contributed by atoms with Gasteiger partial charge in [-0.05, 0) is 18.6 Å². The van der Waals surface area contributed by atoms with Crippen molar-refractivity contribution >= 4 is 11.8 Å². The molecule has 2 aromatic rings. The van der Waals surface area contributed by atoms with Crippen LogP contribution in [-0.4, -0.2) is 11.7 Å². The van der Waals surface area contributed by atoms with Gasteiger partial charge in [-0.1, -0.05) is 30.3 Å². The Morgan fingerprint density at radius 2 is 2.00 bits per heavy atom. The molecule has 0 fully saturated rings. The maximum absolute atomic E-state index is 9.42. The molecule has 3 heteroatoms. The van der Waals surface area contributed by atoms with Gasteiger partial charge in [0.25, 0.3) is 0 Å². The Morgan fingerprint density at radius 1 is 1.25 bits per heavy atom. The third-order valence-electron chi connectivity index (χ3n) is 2.42. The molecule has 84 valence electrons. The third kappa shape index (κ3) is 2.49. The zero-order valence-corrected chi connectivity index (χ0v) is 9.91. The molecule has 2 rings (SSSR count). The molecule has 0 amide bonds. The van der Waals surface area contributed by atoms with E-state index in [0.717, 1.165) is 16.2 Å². The van der Waals surface area contributed by atoms with E-state index in [1.165, 1.54) is 0 Å². The molecule has 0 spiro atoms. The quantitative estimate of drug-likeness (QED) is 0.823. The molecule has 0 saturated carbocycles. The van der Waals surface area contributed by atoms with Crippen LogP contribution in [0.1, 0.15) is 16.6 Å². The summed E-state index contributed by atoms with van der Waals surface area (Å²) in [5.41, 5.74) is 1.13. The lowest BCUT2D eigenvalue weighted by molar-refractivity contribution is 0.296. The Labute approximate surface area is 99.3 Å². The fraction of sp³-hybridized carbons (Fsp3) is 0.231. The van der Waals surface area contributed by atoms with Gasteiger partial charge in [0.05, 0.1) is 18.1 Å². The number of hydrogen-bond donors (Lipinski definition) is 1. The number of hydrogen-bond acceptors (Lipinski definition) is 3. The fourth-order valence-electron chi connectivity index (χ4n) is 1.53. The second-order valence-corrected chi connectivity index (χ2v) is 4.79. The summed E-state index contributed by atoms with van der Waals surface area (Å²) >= 11 is 1.63. The van der Waals surface area contributed by atoms with Crippen molar-refractivity contribution in [2.45, 2.75) is 17.1 Å². The van der Waals surface area contributed by atoms with Crippen LogP contribution in [0.2, 0.25) is 0 Å². The maximum Gasteiger partial charge on any atom is 0.114 e. The number of rotatable bonds is 4. The number of aryl methyl sites for hydroxylation is 1. The van der Waals surface area contributed by atoms with E-state index in [9.17, 15) is 5.11 Å². The van der Waals surface area contributed by atoms with E-state index in [1.807, 2.05) is 43.3 Å². The van der Waals surface area contributed by atoms with Crippen LogP contribution in [0.3, 0.4) is 0 Å². The van der Waals surface area contributed by atoms with Crippen LogP contribution >= 0.6 is 11.8 Å². The summed E-state index contributed by atoms with van der Waals surface area (Å²) in [6.45, 7) is 2.06. The first kappa shape index (κ1) is 11.3. The van der Waals surface area contributed by atoms with Gasteiger partial charge in [0.1, 0.15) is 5.76 Å². The number of benzene rings is 1. The van der Waals surface area contributed by atoms with Gasteiger partial charge in [0.2, 0.25) is 0 Å². The average molecular weight is 234 g/mol. The highest BCUT2D eigenvalue weighted by atomic mass is 32.2. The van der Waals surface area contributed by atoms with Gasteiger partial charge in [-0.25, -0.2) is 0 Å². The second-order valence-electron chi connectivity index (χ2n) is 3.54. The smallest absolute Gasteiger partial charge is 0.114 e. The molecule has 1 atom stereocenters. The van der Waals surface area contributed by atoms with Crippen molar-refractivity contribution in [3.63, 3.8) is 0 Å². The topological polar surface area (TPSA) is 33.4 Å². The van der Waals surface area contributed by atoms with Crippen LogP contribution in [0.5, 0.6) is 0 Å². The summed E-state index contributed by atoms with van der Waals surface area (Å²) in [6.07, 6.45) is 1.68. The summed E-state index contributed by atoms with van der Waals surface area (Å²) in [4.78, 5) is 1.09. The standard InChI is InChI=1S/C13H14O2S/c1-10-12(7-8-15-10)16-13(9-14)11-5-3-2-4-6-11/h2-8,13-14H,9H2,1H3. The fourth-order valence-corrected chi connectivity index (χ4v) is 2.55. The van der Waals surface area contributed by atoms with Crippen LogP contribution in [0, 0.1) is 6.92 Å². The molecule has 0 radical (unpaired) electrons. The van der Waals surface area contributed by atoms with Gasteiger partial charge < -0.3 is 9.52 Å². The Morgan fingerprint density at radius 3 is 2.56 bits per heavy atom.